The third kappa shape index (κ3) is 28.3. The molecule has 11 atom stereocenters. The largest absolute Gasteiger partial charge is 0.445 e. The first-order valence-corrected chi connectivity index (χ1v) is 43.5. The van der Waals surface area contributed by atoms with Crippen molar-refractivity contribution in [1.29, 1.82) is 0 Å². The number of thioether (sulfide) groups is 3. The summed E-state index contributed by atoms with van der Waals surface area (Å²) in [6, 6.07) is 9.64. The van der Waals surface area contributed by atoms with E-state index in [-0.39, 0.29) is 125 Å². The van der Waals surface area contributed by atoms with Crippen molar-refractivity contribution in [3.8, 4) is 0 Å². The number of benzene rings is 2. The summed E-state index contributed by atoms with van der Waals surface area (Å²) in [5.41, 5.74) is 7.19. The number of fused-ring (bicyclic) bond motifs is 3. The van der Waals surface area contributed by atoms with Gasteiger partial charge in [-0.15, -0.1) is 34.9 Å². The Labute approximate surface area is 693 Å². The summed E-state index contributed by atoms with van der Waals surface area (Å²) < 4.78 is 18.0. The summed E-state index contributed by atoms with van der Waals surface area (Å²) in [7, 11) is 6.15. The summed E-state index contributed by atoms with van der Waals surface area (Å²) in [5.74, 6) is -4.90. The van der Waals surface area contributed by atoms with E-state index >= 15 is 0 Å². The van der Waals surface area contributed by atoms with E-state index in [0.717, 1.165) is 20.4 Å². The van der Waals surface area contributed by atoms with Gasteiger partial charge in [0.05, 0.1) is 68.4 Å². The zero-order valence-electron chi connectivity index (χ0n) is 68.5. The highest BCUT2D eigenvalue weighted by Gasteiger charge is 2.45. The maximum absolute atomic E-state index is 15.0. The number of carbonyl (C=O) groups excluding carboxylic acids is 12. The average molecular weight is 1670 g/mol. The van der Waals surface area contributed by atoms with Crippen LogP contribution >= 0.6 is 46.6 Å². The highest BCUT2D eigenvalue weighted by Crippen LogP contribution is 2.33. The number of nitrogens with zero attached hydrogens (tertiary/aromatic N) is 7. The molecule has 1 aromatic heterocycles. The van der Waals surface area contributed by atoms with Crippen molar-refractivity contribution >= 4 is 124 Å². The smallest absolute Gasteiger partial charge is 0.410 e. The van der Waals surface area contributed by atoms with Gasteiger partial charge in [-0.3, -0.25) is 52.8 Å². The van der Waals surface area contributed by atoms with Crippen LogP contribution in [-0.4, -0.2) is 238 Å². The van der Waals surface area contributed by atoms with Gasteiger partial charge in [-0.2, -0.15) is 11.8 Å². The predicted molar refractivity (Wildman–Crippen MR) is 449 cm³/mol. The van der Waals surface area contributed by atoms with E-state index in [2.05, 4.69) is 43.0 Å². The molecule has 115 heavy (non-hydrogen) atoms. The van der Waals surface area contributed by atoms with Gasteiger partial charge in [0.1, 0.15) is 35.8 Å². The standard InChI is InChI=1S/C82H118N14O15S4/c1-14-54(8)73(64(109-12)45-69(101)96-38-22-28-63(96)74(110-13)55(9)75(102)88-62(79-84-37-42-115-79)43-56-23-17-15-18-24-56)91(10)80(106)71(52(4)5)90-78(105)72(53(6)7)92(11)82(108)111-46-57-29-31-58(32-30-57)86-76(103)61(27-21-36-85-81(83)107)87-77(104)70(51(2)3)89-65(97)47-112-39-33-66(98)93-48-94-50-95(49-93)68(100)35-41-114-60-26-20-16-19-25-59(44-60)113-40-34-67(94)99/h15-20,23-26,29-32,37,42,44,51-55,61-64,70-74H,14,21-22,27-28,33-36,38-41,43,45-50H2,1-13H3,(H,86,103)(H,87,104)(H,88,102)(H,89,97)(H,90,105)(H3,83,85,107)/b19-16-,20-16?,25-19?,26-20+,59-25?,59-44?,60-26?,60-44?/t54-,55+,61-,62?,63-,64+,70-,71-,72-,73-,74+/m0/s1. The van der Waals surface area contributed by atoms with Crippen LogP contribution in [0.15, 0.2) is 112 Å². The molecule has 2 aromatic carbocycles. The molecule has 4 bridgehead atoms. The van der Waals surface area contributed by atoms with Crippen LogP contribution in [0.1, 0.15) is 142 Å². The number of hydrogen-bond acceptors (Lipinski definition) is 20. The van der Waals surface area contributed by atoms with Crippen LogP contribution in [0.25, 0.3) is 0 Å². The van der Waals surface area contributed by atoms with Gasteiger partial charge in [0, 0.05) is 105 Å². The van der Waals surface area contributed by atoms with Crippen molar-refractivity contribution in [2.45, 2.75) is 188 Å². The Hall–Kier alpha value is -8.76. The molecule has 4 aliphatic rings. The van der Waals surface area contributed by atoms with Crippen LogP contribution in [0, 0.1) is 29.6 Å². The molecule has 2 fully saturated rings. The van der Waals surface area contributed by atoms with E-state index in [1.54, 1.807) is 106 Å². The molecule has 4 heterocycles. The van der Waals surface area contributed by atoms with Gasteiger partial charge < -0.3 is 76.3 Å². The fraction of sp³-hybridized carbons (Fsp3) is 0.573. The Bertz CT molecular complexity index is 3870. The van der Waals surface area contributed by atoms with Crippen LogP contribution in [0.2, 0.25) is 0 Å². The number of allylic oxidation sites excluding steroid dienone is 6. The summed E-state index contributed by atoms with van der Waals surface area (Å²) >= 11 is 5.77. The fourth-order valence-corrected chi connectivity index (χ4v) is 17.6. The summed E-state index contributed by atoms with van der Waals surface area (Å²) in [6.45, 7) is 16.8. The van der Waals surface area contributed by atoms with Gasteiger partial charge in [0.25, 0.3) is 0 Å². The number of carbonyl (C=O) groups is 12. The van der Waals surface area contributed by atoms with Crippen LogP contribution in [0.3, 0.4) is 0 Å². The molecular formula is C82H118N14O15S4. The molecular weight excluding hydrogens is 1550 g/mol. The highest BCUT2D eigenvalue weighted by atomic mass is 32.2. The number of primary amides is 1. The Morgan fingerprint density at radius 2 is 1.40 bits per heavy atom. The molecule has 3 aromatic rings. The Morgan fingerprint density at radius 3 is 2.02 bits per heavy atom. The molecule has 7 rings (SSSR count). The number of likely N-dealkylation sites (N-methyl/N-ethyl adjacent to an activating group) is 2. The number of ether oxygens (including phenoxy) is 3. The van der Waals surface area contributed by atoms with Gasteiger partial charge in [-0.1, -0.05) is 129 Å². The molecule has 13 amide bonds. The van der Waals surface area contributed by atoms with Crippen molar-refractivity contribution in [3.05, 3.63) is 129 Å². The molecule has 2 saturated heterocycles. The number of likely N-dealkylation sites (tertiary alicyclic amines) is 1. The van der Waals surface area contributed by atoms with Crippen molar-refractivity contribution in [2.24, 2.45) is 35.3 Å². The van der Waals surface area contributed by atoms with E-state index in [1.165, 1.54) is 56.9 Å². The molecule has 630 valence electrons. The molecule has 29 nitrogen and oxygen atoms in total. The number of rotatable bonds is 38. The second-order valence-corrected chi connectivity index (χ2v) is 34.7. The first-order valence-electron chi connectivity index (χ1n) is 39.4. The quantitative estimate of drug-likeness (QED) is 0.0264. The Kier molecular flexibility index (Phi) is 38.0. The number of urea groups is 1. The van der Waals surface area contributed by atoms with Crippen LogP contribution in [-0.2, 0) is 75.2 Å². The first kappa shape index (κ1) is 93.4. The summed E-state index contributed by atoms with van der Waals surface area (Å²) in [4.78, 5) is 182. The van der Waals surface area contributed by atoms with Crippen molar-refractivity contribution < 1.29 is 71.7 Å². The lowest BCUT2D eigenvalue weighted by Gasteiger charge is -2.42. The maximum Gasteiger partial charge on any atom is 0.410 e. The topological polar surface area (TPSA) is 363 Å². The summed E-state index contributed by atoms with van der Waals surface area (Å²) in [6.07, 6.45) is 14.4. The minimum Gasteiger partial charge on any atom is -0.445 e. The van der Waals surface area contributed by atoms with Crippen molar-refractivity contribution in [2.75, 3.05) is 89.7 Å². The third-order valence-electron chi connectivity index (χ3n) is 20.9. The number of amides is 13. The van der Waals surface area contributed by atoms with E-state index in [4.69, 9.17) is 19.9 Å². The molecule has 0 saturated carbocycles. The second-order valence-electron chi connectivity index (χ2n) is 30.3. The third-order valence-corrected chi connectivity index (χ3v) is 24.7. The normalized spacial score (nSPS) is 18.6. The minimum atomic E-state index is -1.16. The maximum atomic E-state index is 15.0. The number of nitrogens with two attached hydrogens (primary N) is 1. The lowest BCUT2D eigenvalue weighted by Crippen LogP contribution is -2.60. The van der Waals surface area contributed by atoms with Crippen LogP contribution < -0.4 is 37.6 Å². The van der Waals surface area contributed by atoms with Gasteiger partial charge >= 0.3 is 12.1 Å². The van der Waals surface area contributed by atoms with E-state index in [9.17, 15) is 57.5 Å². The number of methoxy groups -OCH3 is 2. The lowest BCUT2D eigenvalue weighted by atomic mass is 9.89. The highest BCUT2D eigenvalue weighted by molar-refractivity contribution is 8.04. The number of hydrogen-bond donors (Lipinski definition) is 7. The van der Waals surface area contributed by atoms with Gasteiger partial charge in [0.2, 0.25) is 59.1 Å². The zero-order chi connectivity index (χ0) is 84.0. The Morgan fingerprint density at radius 1 is 0.722 bits per heavy atom. The van der Waals surface area contributed by atoms with E-state index in [1.807, 2.05) is 101 Å². The van der Waals surface area contributed by atoms with E-state index < -0.39 is 114 Å². The Balaban J connectivity index is 0.901. The van der Waals surface area contributed by atoms with Gasteiger partial charge in [-0.25, -0.2) is 14.6 Å². The van der Waals surface area contributed by atoms with Crippen molar-refractivity contribution in [3.63, 3.8) is 0 Å². The van der Waals surface area contributed by atoms with Crippen LogP contribution in [0.5, 0.6) is 0 Å². The van der Waals surface area contributed by atoms with Crippen molar-refractivity contribution in [1.82, 2.24) is 61.0 Å². The van der Waals surface area contributed by atoms with Crippen LogP contribution in [0.4, 0.5) is 15.3 Å². The first-order chi connectivity index (χ1) is 54.9. The predicted octanol–water partition coefficient (Wildman–Crippen LogP) is 8.56. The molecule has 0 radical (unpaired) electrons. The summed E-state index contributed by atoms with van der Waals surface area (Å²) in [5, 5.41) is 19.7. The van der Waals surface area contributed by atoms with Gasteiger partial charge in [-0.05, 0) is 97.3 Å². The SMILES string of the molecule is CC[C@H](C)[C@@H]([C@@H](CC(=O)N1CCC[C@H]1[C@H](OC)[C@@H](C)C(=O)NC(Cc1ccccc1)c1nccs1)OC)N(C)C(=O)[C@@H](NC(=O)[C@H](C(C)C)N(C)C(=O)OCc1ccc(NC(=O)[C@H](CCCNC(N)=O)NC(=O)[C@@H](NC(=O)CSCCC(=O)N2CN3CN(C2)C(=O)CCSC2=CC(=C/C=C\C=C\2)SCCC3=O)C(C)C)cc1)C(C)C. The lowest BCUT2D eigenvalue weighted by molar-refractivity contribution is -0.158. The fourth-order valence-electron chi connectivity index (χ4n) is 14.4. The molecule has 1 unspecified atom stereocenters. The molecule has 3 aliphatic heterocycles. The number of thiazole rings is 1. The number of nitrogens with one attached hydrogen (secondary N) is 6. The van der Waals surface area contributed by atoms with Gasteiger partial charge in [0.15, 0.2) is 0 Å². The monoisotopic (exact) mass is 1670 g/mol. The second kappa shape index (κ2) is 46.8. The molecule has 0 spiro atoms. The van der Waals surface area contributed by atoms with E-state index in [0.29, 0.717) is 55.0 Å². The molecule has 8 N–H and O–H groups in total. The minimum absolute atomic E-state index is 0.00962. The average Bonchev–Trinajstić information content (AvgIpc) is 1.78. The molecule has 1 aliphatic carbocycles. The number of anilines is 1. The molecule has 33 heteroatoms. The zero-order valence-corrected chi connectivity index (χ0v) is 71.8. The number of aromatic nitrogens is 1.